The molecule has 0 aliphatic heterocycles. The van der Waals surface area contributed by atoms with E-state index in [0.29, 0.717) is 0 Å². The van der Waals surface area contributed by atoms with Crippen molar-refractivity contribution in [3.63, 3.8) is 0 Å². The molecular weight excluding hydrogens is 240 g/mol. The van der Waals surface area contributed by atoms with Gasteiger partial charge < -0.3 is 0 Å². The van der Waals surface area contributed by atoms with Crippen LogP contribution < -0.4 is 0 Å². The van der Waals surface area contributed by atoms with Crippen LogP contribution in [0.25, 0.3) is 6.08 Å². The molecule has 1 nitrogen and oxygen atoms in total. The molecule has 0 saturated carbocycles. The molecule has 1 aromatic rings. The molecule has 0 aromatic heterocycles. The van der Waals surface area contributed by atoms with E-state index in [9.17, 15) is 4.79 Å². The van der Waals surface area contributed by atoms with Crippen LogP contribution in [0.2, 0.25) is 5.02 Å². The van der Waals surface area contributed by atoms with Crippen LogP contribution in [0.3, 0.4) is 0 Å². The molecule has 0 aliphatic rings. The van der Waals surface area contributed by atoms with E-state index in [1.54, 1.807) is 6.92 Å². The molecule has 0 unspecified atom stereocenters. The summed E-state index contributed by atoms with van der Waals surface area (Å²) in [5, 5.41) is 0.942. The van der Waals surface area contributed by atoms with Crippen molar-refractivity contribution in [3.8, 4) is 0 Å². The molecule has 0 bridgehead atoms. The lowest BCUT2D eigenvalue weighted by atomic mass is 10.1. The van der Waals surface area contributed by atoms with Gasteiger partial charge in [0.15, 0.2) is 5.12 Å². The fraction of sp³-hybridized carbons (Fsp3) is 0.308. The van der Waals surface area contributed by atoms with Gasteiger partial charge in [0.2, 0.25) is 0 Å². The topological polar surface area (TPSA) is 17.1 Å². The second-order valence-corrected chi connectivity index (χ2v) is 5.24. The summed E-state index contributed by atoms with van der Waals surface area (Å²) in [5.41, 5.74) is 2.19. The van der Waals surface area contributed by atoms with Crippen molar-refractivity contribution in [2.45, 2.75) is 20.3 Å². The molecule has 0 N–H and O–H groups in total. The summed E-state index contributed by atoms with van der Waals surface area (Å²) in [6, 6.07) is 5.99. The molecule has 0 spiro atoms. The molecular formula is C13H15ClOS. The molecule has 0 heterocycles. The summed E-state index contributed by atoms with van der Waals surface area (Å²) >= 11 is 7.43. The molecule has 86 valence electrons. The fourth-order valence-electron chi connectivity index (χ4n) is 1.25. The van der Waals surface area contributed by atoms with Crippen molar-refractivity contribution >= 4 is 34.6 Å². The van der Waals surface area contributed by atoms with Gasteiger partial charge in [-0.2, -0.15) is 0 Å². The van der Waals surface area contributed by atoms with Crippen LogP contribution in [-0.2, 0) is 4.79 Å². The molecule has 0 amide bonds. The van der Waals surface area contributed by atoms with E-state index in [0.717, 1.165) is 28.3 Å². The summed E-state index contributed by atoms with van der Waals surface area (Å²) < 4.78 is 0. The summed E-state index contributed by atoms with van der Waals surface area (Å²) in [6.45, 7) is 3.61. The van der Waals surface area contributed by atoms with Crippen LogP contribution in [-0.4, -0.2) is 10.9 Å². The van der Waals surface area contributed by atoms with Crippen LogP contribution in [0.1, 0.15) is 24.5 Å². The van der Waals surface area contributed by atoms with Gasteiger partial charge in [0, 0.05) is 17.7 Å². The highest BCUT2D eigenvalue weighted by Crippen LogP contribution is 2.19. The summed E-state index contributed by atoms with van der Waals surface area (Å²) in [6.07, 6.45) is 4.93. The van der Waals surface area contributed by atoms with Gasteiger partial charge in [-0.15, -0.1) is 0 Å². The number of aryl methyl sites for hydroxylation is 1. The second-order valence-electron chi connectivity index (χ2n) is 3.56. The number of hydrogen-bond donors (Lipinski definition) is 0. The van der Waals surface area contributed by atoms with Crippen LogP contribution in [0.5, 0.6) is 0 Å². The first kappa shape index (κ1) is 13.3. The molecule has 16 heavy (non-hydrogen) atoms. The van der Waals surface area contributed by atoms with E-state index in [2.05, 4.69) is 0 Å². The lowest BCUT2D eigenvalue weighted by molar-refractivity contribution is -0.109. The lowest BCUT2D eigenvalue weighted by Crippen LogP contribution is -1.84. The Hall–Kier alpha value is -0.730. The maximum atomic E-state index is 10.7. The highest BCUT2D eigenvalue weighted by atomic mass is 35.5. The molecule has 1 aromatic carbocycles. The van der Waals surface area contributed by atoms with E-state index in [-0.39, 0.29) is 5.12 Å². The number of carbonyl (C=O) groups excluding carboxylic acids is 1. The maximum Gasteiger partial charge on any atom is 0.185 e. The van der Waals surface area contributed by atoms with Gasteiger partial charge in [-0.3, -0.25) is 4.79 Å². The predicted octanol–water partition coefficient (Wildman–Crippen LogP) is 4.33. The minimum atomic E-state index is 0.168. The molecule has 0 atom stereocenters. The van der Waals surface area contributed by atoms with E-state index < -0.39 is 0 Å². The quantitative estimate of drug-likeness (QED) is 0.744. The number of hydrogen-bond acceptors (Lipinski definition) is 2. The van der Waals surface area contributed by atoms with E-state index in [1.165, 1.54) is 11.8 Å². The zero-order chi connectivity index (χ0) is 12.0. The molecule has 0 saturated heterocycles. The zero-order valence-electron chi connectivity index (χ0n) is 9.50. The number of allylic oxidation sites excluding steroid dienone is 1. The standard InChI is InChI=1S/C13H15ClOS/c1-10-6-7-12(13(14)9-10)5-3-4-8-16-11(2)15/h3,5-7,9H,4,8H2,1-2H3. The van der Waals surface area contributed by atoms with Crippen molar-refractivity contribution in [2.75, 3.05) is 5.75 Å². The van der Waals surface area contributed by atoms with Crippen molar-refractivity contribution in [3.05, 3.63) is 40.4 Å². The average Bonchev–Trinajstić information content (AvgIpc) is 2.20. The van der Waals surface area contributed by atoms with E-state index in [4.69, 9.17) is 11.6 Å². The Bertz CT molecular complexity index is 399. The fourth-order valence-corrected chi connectivity index (χ4v) is 2.09. The number of benzene rings is 1. The van der Waals surface area contributed by atoms with Crippen LogP contribution >= 0.6 is 23.4 Å². The Labute approximate surface area is 106 Å². The largest absolute Gasteiger partial charge is 0.288 e. The first-order chi connectivity index (χ1) is 7.59. The minimum absolute atomic E-state index is 0.168. The van der Waals surface area contributed by atoms with Crippen molar-refractivity contribution in [2.24, 2.45) is 0 Å². The monoisotopic (exact) mass is 254 g/mol. The SMILES string of the molecule is CC(=O)SCCC=Cc1ccc(C)cc1Cl. The smallest absolute Gasteiger partial charge is 0.185 e. The number of carbonyl (C=O) groups is 1. The molecule has 0 fully saturated rings. The highest BCUT2D eigenvalue weighted by molar-refractivity contribution is 8.13. The average molecular weight is 255 g/mol. The van der Waals surface area contributed by atoms with Gasteiger partial charge in [-0.25, -0.2) is 0 Å². The van der Waals surface area contributed by atoms with Crippen LogP contribution in [0.4, 0.5) is 0 Å². The summed E-state index contributed by atoms with van der Waals surface area (Å²) in [7, 11) is 0. The Morgan fingerprint density at radius 3 is 2.88 bits per heavy atom. The number of thioether (sulfide) groups is 1. The first-order valence-electron chi connectivity index (χ1n) is 5.15. The van der Waals surface area contributed by atoms with Crippen molar-refractivity contribution in [1.29, 1.82) is 0 Å². The normalized spacial score (nSPS) is 10.9. The van der Waals surface area contributed by atoms with Crippen molar-refractivity contribution < 1.29 is 4.79 Å². The molecule has 0 aliphatic carbocycles. The second kappa shape index (κ2) is 6.77. The maximum absolute atomic E-state index is 10.7. The van der Waals surface area contributed by atoms with Crippen LogP contribution in [0, 0.1) is 6.92 Å². The summed E-state index contributed by atoms with van der Waals surface area (Å²) in [4.78, 5) is 10.7. The Kier molecular flexibility index (Phi) is 5.64. The highest BCUT2D eigenvalue weighted by Gasteiger charge is 1.96. The van der Waals surface area contributed by atoms with Gasteiger partial charge in [0.05, 0.1) is 0 Å². The Balaban J connectivity index is 2.47. The third kappa shape index (κ3) is 4.86. The van der Waals surface area contributed by atoms with E-state index >= 15 is 0 Å². The van der Waals surface area contributed by atoms with Gasteiger partial charge in [-0.05, 0) is 30.5 Å². The summed E-state index contributed by atoms with van der Waals surface area (Å²) in [5.74, 6) is 0.829. The van der Waals surface area contributed by atoms with Crippen LogP contribution in [0.15, 0.2) is 24.3 Å². The number of rotatable bonds is 4. The minimum Gasteiger partial charge on any atom is -0.288 e. The predicted molar refractivity (Wildman–Crippen MR) is 73.0 cm³/mol. The molecule has 0 radical (unpaired) electrons. The lowest BCUT2D eigenvalue weighted by Gasteiger charge is -1.99. The van der Waals surface area contributed by atoms with Gasteiger partial charge in [0.25, 0.3) is 0 Å². The van der Waals surface area contributed by atoms with E-state index in [1.807, 2.05) is 37.3 Å². The zero-order valence-corrected chi connectivity index (χ0v) is 11.1. The van der Waals surface area contributed by atoms with Gasteiger partial charge in [-0.1, -0.05) is 47.6 Å². The Morgan fingerprint density at radius 1 is 1.50 bits per heavy atom. The number of halogens is 1. The third-order valence-corrected chi connectivity index (χ3v) is 3.22. The van der Waals surface area contributed by atoms with Gasteiger partial charge >= 0.3 is 0 Å². The third-order valence-electron chi connectivity index (χ3n) is 2.04. The Morgan fingerprint density at radius 2 is 2.25 bits per heavy atom. The first-order valence-corrected chi connectivity index (χ1v) is 6.52. The van der Waals surface area contributed by atoms with Crippen molar-refractivity contribution in [1.82, 2.24) is 0 Å². The van der Waals surface area contributed by atoms with Gasteiger partial charge in [0.1, 0.15) is 0 Å². The molecule has 3 heteroatoms. The molecule has 1 rings (SSSR count).